The molecule has 2 aromatic heterocycles. The van der Waals surface area contributed by atoms with E-state index in [4.69, 9.17) is 0 Å². The lowest BCUT2D eigenvalue weighted by molar-refractivity contribution is 0.102. The monoisotopic (exact) mass is 402 g/mol. The lowest BCUT2D eigenvalue weighted by Crippen LogP contribution is -2.12. The van der Waals surface area contributed by atoms with Crippen molar-refractivity contribution in [3.63, 3.8) is 0 Å². The normalized spacial score (nSPS) is 10.6. The molecule has 24 heavy (non-hydrogen) atoms. The van der Waals surface area contributed by atoms with Gasteiger partial charge >= 0.3 is 0 Å². The van der Waals surface area contributed by atoms with Gasteiger partial charge in [-0.05, 0) is 58.1 Å². The van der Waals surface area contributed by atoms with Crippen LogP contribution in [0.3, 0.4) is 0 Å². The van der Waals surface area contributed by atoms with Gasteiger partial charge in [0.05, 0.1) is 33.3 Å². The minimum absolute atomic E-state index is 0.166. The van der Waals surface area contributed by atoms with E-state index in [1.165, 1.54) is 0 Å². The first-order valence-electron chi connectivity index (χ1n) is 7.36. The number of aromatic nitrogens is 3. The lowest BCUT2D eigenvalue weighted by Gasteiger charge is -2.07. The number of nitrogens with zero attached hydrogens (tertiary/aromatic N) is 3. The van der Waals surface area contributed by atoms with Crippen molar-refractivity contribution in [2.45, 2.75) is 11.9 Å². The van der Waals surface area contributed by atoms with Crippen LogP contribution in [0.15, 0.2) is 64.5 Å². The number of carbonyl (C=O) groups is 1. The molecule has 122 valence electrons. The van der Waals surface area contributed by atoms with Crippen LogP contribution in [0.4, 0.5) is 5.69 Å². The number of nitrogens with one attached hydrogen (secondary N) is 1. The average Bonchev–Trinajstić information content (AvgIpc) is 3.03. The molecule has 0 aliphatic heterocycles. The summed E-state index contributed by atoms with van der Waals surface area (Å²) in [6, 6.07) is 11.0. The van der Waals surface area contributed by atoms with Gasteiger partial charge in [0.25, 0.3) is 5.91 Å². The molecule has 0 unspecified atom stereocenters. The van der Waals surface area contributed by atoms with Crippen LogP contribution in [-0.4, -0.2) is 26.4 Å². The molecule has 0 atom stereocenters. The second kappa shape index (κ2) is 7.63. The van der Waals surface area contributed by atoms with Gasteiger partial charge < -0.3 is 5.32 Å². The van der Waals surface area contributed by atoms with Gasteiger partial charge in [-0.2, -0.15) is 5.10 Å². The fourth-order valence-corrected chi connectivity index (χ4v) is 2.97. The maximum absolute atomic E-state index is 12.3. The van der Waals surface area contributed by atoms with E-state index in [9.17, 15) is 4.79 Å². The summed E-state index contributed by atoms with van der Waals surface area (Å²) in [5.74, 6) is 0.804. The van der Waals surface area contributed by atoms with Crippen LogP contribution in [-0.2, 0) is 0 Å². The van der Waals surface area contributed by atoms with Crippen molar-refractivity contribution < 1.29 is 4.79 Å². The standard InChI is InChI=1S/C17H15BrN4OS/c1-2-24-16-8-5-14(10-19-16)21-17(23)12-3-6-15(7-4-12)22-11-13(18)9-20-22/h3-11H,2H2,1H3,(H,21,23). The molecule has 3 rings (SSSR count). The quantitative estimate of drug-likeness (QED) is 0.642. The van der Waals surface area contributed by atoms with Crippen LogP contribution in [0.5, 0.6) is 0 Å². The number of halogens is 1. The Kier molecular flexibility index (Phi) is 5.32. The van der Waals surface area contributed by atoms with Gasteiger partial charge in [0, 0.05) is 11.8 Å². The topological polar surface area (TPSA) is 59.8 Å². The van der Waals surface area contributed by atoms with Crippen LogP contribution >= 0.6 is 27.7 Å². The van der Waals surface area contributed by atoms with Crippen LogP contribution in [0.1, 0.15) is 17.3 Å². The predicted molar refractivity (Wildman–Crippen MR) is 99.9 cm³/mol. The molecule has 7 heteroatoms. The maximum Gasteiger partial charge on any atom is 0.255 e. The predicted octanol–water partition coefficient (Wildman–Crippen LogP) is 4.39. The summed E-state index contributed by atoms with van der Waals surface area (Å²) >= 11 is 5.03. The number of hydrogen-bond donors (Lipinski definition) is 1. The zero-order chi connectivity index (χ0) is 16.9. The van der Waals surface area contributed by atoms with E-state index in [1.54, 1.807) is 41.0 Å². The smallest absolute Gasteiger partial charge is 0.255 e. The molecule has 1 aromatic carbocycles. The van der Waals surface area contributed by atoms with E-state index in [0.29, 0.717) is 11.3 Å². The van der Waals surface area contributed by atoms with Gasteiger partial charge in [-0.3, -0.25) is 4.79 Å². The molecule has 3 aromatic rings. The Hall–Kier alpha value is -2.12. The molecular weight excluding hydrogens is 388 g/mol. The van der Waals surface area contributed by atoms with E-state index < -0.39 is 0 Å². The largest absolute Gasteiger partial charge is 0.321 e. The van der Waals surface area contributed by atoms with Gasteiger partial charge in [-0.25, -0.2) is 9.67 Å². The number of thioether (sulfide) groups is 1. The van der Waals surface area contributed by atoms with E-state index in [1.807, 2.05) is 30.5 Å². The number of benzene rings is 1. The van der Waals surface area contributed by atoms with Crippen molar-refractivity contribution in [2.75, 3.05) is 11.1 Å². The highest BCUT2D eigenvalue weighted by molar-refractivity contribution is 9.10. The second-order valence-electron chi connectivity index (χ2n) is 4.92. The summed E-state index contributed by atoms with van der Waals surface area (Å²) in [5.41, 5.74) is 2.15. The molecule has 0 aliphatic rings. The minimum atomic E-state index is -0.166. The van der Waals surface area contributed by atoms with E-state index in [2.05, 4.69) is 38.3 Å². The number of hydrogen-bond acceptors (Lipinski definition) is 4. The minimum Gasteiger partial charge on any atom is -0.321 e. The Morgan fingerprint density at radius 1 is 1.21 bits per heavy atom. The number of anilines is 1. The van der Waals surface area contributed by atoms with E-state index in [0.717, 1.165) is 20.9 Å². The van der Waals surface area contributed by atoms with Gasteiger partial charge in [-0.15, -0.1) is 11.8 Å². The number of pyridine rings is 1. The Bertz CT molecular complexity index is 831. The van der Waals surface area contributed by atoms with Crippen molar-refractivity contribution in [1.82, 2.24) is 14.8 Å². The molecule has 0 aliphatic carbocycles. The van der Waals surface area contributed by atoms with Gasteiger partial charge in [-0.1, -0.05) is 6.92 Å². The summed E-state index contributed by atoms with van der Waals surface area (Å²) in [5, 5.41) is 8.01. The fraction of sp³-hybridized carbons (Fsp3) is 0.118. The zero-order valence-corrected chi connectivity index (χ0v) is 15.3. The molecule has 1 N–H and O–H groups in total. The third-order valence-electron chi connectivity index (χ3n) is 3.23. The molecule has 5 nitrogen and oxygen atoms in total. The molecule has 0 bridgehead atoms. The SMILES string of the molecule is CCSc1ccc(NC(=O)c2ccc(-n3cc(Br)cn3)cc2)cn1. The van der Waals surface area contributed by atoms with Crippen LogP contribution < -0.4 is 5.32 Å². The van der Waals surface area contributed by atoms with Gasteiger partial charge in [0.2, 0.25) is 0 Å². The Balaban J connectivity index is 1.68. The van der Waals surface area contributed by atoms with Gasteiger partial charge in [0.15, 0.2) is 0 Å². The molecule has 0 fully saturated rings. The molecule has 0 radical (unpaired) electrons. The molecule has 1 amide bonds. The second-order valence-corrected chi connectivity index (χ2v) is 7.12. The molecular formula is C17H15BrN4OS. The van der Waals surface area contributed by atoms with Crippen molar-refractivity contribution in [3.8, 4) is 5.69 Å². The van der Waals surface area contributed by atoms with E-state index >= 15 is 0 Å². The van der Waals surface area contributed by atoms with Crippen LogP contribution in [0, 0.1) is 0 Å². The average molecular weight is 403 g/mol. The summed E-state index contributed by atoms with van der Waals surface area (Å²) in [4.78, 5) is 16.6. The summed E-state index contributed by atoms with van der Waals surface area (Å²) < 4.78 is 2.64. The number of rotatable bonds is 5. The highest BCUT2D eigenvalue weighted by atomic mass is 79.9. The highest BCUT2D eigenvalue weighted by Crippen LogP contribution is 2.18. The molecule has 0 spiro atoms. The fourth-order valence-electron chi connectivity index (χ4n) is 2.10. The van der Waals surface area contributed by atoms with Crippen molar-refractivity contribution in [2.24, 2.45) is 0 Å². The van der Waals surface area contributed by atoms with E-state index in [-0.39, 0.29) is 5.91 Å². The van der Waals surface area contributed by atoms with Crippen molar-refractivity contribution in [3.05, 3.63) is 65.0 Å². The van der Waals surface area contributed by atoms with Gasteiger partial charge in [0.1, 0.15) is 0 Å². The maximum atomic E-state index is 12.3. The first kappa shape index (κ1) is 16.7. The summed E-state index contributed by atoms with van der Waals surface area (Å²) in [6.07, 6.45) is 5.25. The molecule has 2 heterocycles. The first-order valence-corrected chi connectivity index (χ1v) is 9.14. The first-order chi connectivity index (χ1) is 11.7. The van der Waals surface area contributed by atoms with Crippen molar-refractivity contribution in [1.29, 1.82) is 0 Å². The lowest BCUT2D eigenvalue weighted by atomic mass is 10.2. The summed E-state index contributed by atoms with van der Waals surface area (Å²) in [6.45, 7) is 2.08. The van der Waals surface area contributed by atoms with Crippen molar-refractivity contribution >= 4 is 39.3 Å². The van der Waals surface area contributed by atoms with Crippen LogP contribution in [0.25, 0.3) is 5.69 Å². The number of amides is 1. The summed E-state index contributed by atoms with van der Waals surface area (Å²) in [7, 11) is 0. The molecule has 0 saturated carbocycles. The molecule has 0 saturated heterocycles. The Labute approximate surface area is 152 Å². The third-order valence-corrected chi connectivity index (χ3v) is 4.47. The zero-order valence-electron chi connectivity index (χ0n) is 12.9. The Morgan fingerprint density at radius 2 is 2.00 bits per heavy atom. The van der Waals surface area contributed by atoms with Crippen LogP contribution in [0.2, 0.25) is 0 Å². The highest BCUT2D eigenvalue weighted by Gasteiger charge is 2.07. The Morgan fingerprint density at radius 3 is 2.58 bits per heavy atom. The third kappa shape index (κ3) is 4.04. The number of carbonyl (C=O) groups excluding carboxylic acids is 1.